The molecule has 2 aromatic carbocycles. The van der Waals surface area contributed by atoms with Crippen LogP contribution in [0, 0.1) is 0 Å². The highest BCUT2D eigenvalue weighted by Crippen LogP contribution is 2.37. The van der Waals surface area contributed by atoms with Crippen molar-refractivity contribution >= 4 is 17.4 Å². The molecule has 4 rings (SSSR count). The van der Waals surface area contributed by atoms with Crippen LogP contribution in [0.3, 0.4) is 0 Å². The van der Waals surface area contributed by atoms with Crippen molar-refractivity contribution in [2.24, 2.45) is 0 Å². The van der Waals surface area contributed by atoms with Crippen LogP contribution in [-0.2, 0) is 4.79 Å². The van der Waals surface area contributed by atoms with Gasteiger partial charge in [0.15, 0.2) is 0 Å². The summed E-state index contributed by atoms with van der Waals surface area (Å²) in [6, 6.07) is 17.2. The number of carbonyl (C=O) groups excluding carboxylic acids is 2. The Kier molecular flexibility index (Phi) is 7.97. The first kappa shape index (κ1) is 23.7. The van der Waals surface area contributed by atoms with Gasteiger partial charge in [0.2, 0.25) is 0 Å². The number of unbranched alkanes of at least 4 members (excludes halogenated alkanes) is 2. The van der Waals surface area contributed by atoms with E-state index in [9.17, 15) is 9.59 Å². The molecule has 4 nitrogen and oxygen atoms in total. The molecule has 0 saturated heterocycles. The number of ketones is 1. The Morgan fingerprint density at radius 3 is 2.45 bits per heavy atom. The summed E-state index contributed by atoms with van der Waals surface area (Å²) in [5.74, 6) is -0.129. The zero-order chi connectivity index (χ0) is 23.2. The van der Waals surface area contributed by atoms with E-state index in [-0.39, 0.29) is 11.7 Å². The minimum absolute atomic E-state index is 0.323. The van der Waals surface area contributed by atoms with E-state index in [1.165, 1.54) is 43.2 Å². The molecule has 4 heteroatoms. The van der Waals surface area contributed by atoms with Crippen molar-refractivity contribution < 1.29 is 9.59 Å². The number of rotatable bonds is 10. The maximum atomic E-state index is 12.7. The normalized spacial score (nSPS) is 17.6. The Balaban J connectivity index is 1.29. The zero-order valence-electron chi connectivity index (χ0n) is 20.3. The maximum absolute atomic E-state index is 12.7. The first-order valence-electron chi connectivity index (χ1n) is 12.9. The van der Waals surface area contributed by atoms with Gasteiger partial charge < -0.3 is 4.90 Å². The third kappa shape index (κ3) is 5.38. The van der Waals surface area contributed by atoms with E-state index in [1.54, 1.807) is 4.90 Å². The van der Waals surface area contributed by atoms with E-state index >= 15 is 0 Å². The van der Waals surface area contributed by atoms with E-state index in [4.69, 9.17) is 0 Å². The van der Waals surface area contributed by atoms with Crippen molar-refractivity contribution in [1.82, 2.24) is 4.90 Å². The monoisotopic (exact) mass is 446 g/mol. The lowest BCUT2D eigenvalue weighted by Gasteiger charge is -2.28. The van der Waals surface area contributed by atoms with Crippen molar-refractivity contribution in [1.29, 1.82) is 0 Å². The molecule has 1 aliphatic carbocycles. The van der Waals surface area contributed by atoms with Gasteiger partial charge in [-0.1, -0.05) is 69.0 Å². The highest BCUT2D eigenvalue weighted by Gasteiger charge is 2.36. The standard InChI is InChI=1S/C29H38N2O2/c1-3-30(22(2)23-13-7-4-8-14-23)19-11-6-12-20-31-27-18-17-25(24-15-9-5-10-16-24)21-26(27)28(32)29(31)33/h4,7-8,13-14,17-18,21-22,24H,3,5-6,9-12,15-16,19-20H2,1-2H3. The number of fused-ring (bicyclic) bond motifs is 1. The van der Waals surface area contributed by atoms with Crippen LogP contribution >= 0.6 is 0 Å². The number of Topliss-reactive ketones (excluding diaryl/α,β-unsaturated/α-hetero) is 1. The second kappa shape index (κ2) is 11.1. The molecule has 1 fully saturated rings. The van der Waals surface area contributed by atoms with Crippen molar-refractivity contribution in [3.63, 3.8) is 0 Å². The second-order valence-electron chi connectivity index (χ2n) is 9.67. The molecular weight excluding hydrogens is 408 g/mol. The van der Waals surface area contributed by atoms with Crippen LogP contribution in [0.2, 0.25) is 0 Å². The average Bonchev–Trinajstić information content (AvgIpc) is 3.11. The summed E-state index contributed by atoms with van der Waals surface area (Å²) in [6.45, 7) is 7.17. The number of hydrogen-bond donors (Lipinski definition) is 0. The second-order valence-corrected chi connectivity index (χ2v) is 9.67. The molecule has 1 saturated carbocycles. The van der Waals surface area contributed by atoms with Crippen molar-refractivity contribution in [2.75, 3.05) is 24.5 Å². The molecule has 33 heavy (non-hydrogen) atoms. The summed E-state index contributed by atoms with van der Waals surface area (Å²) in [5, 5.41) is 0. The van der Waals surface area contributed by atoms with E-state index < -0.39 is 0 Å². The molecule has 0 aromatic heterocycles. The molecule has 0 N–H and O–H groups in total. The first-order valence-corrected chi connectivity index (χ1v) is 12.9. The summed E-state index contributed by atoms with van der Waals surface area (Å²) in [7, 11) is 0. The molecule has 0 radical (unpaired) electrons. The molecule has 2 aromatic rings. The van der Waals surface area contributed by atoms with Crippen LogP contribution in [0.5, 0.6) is 0 Å². The Labute approximate surface area is 199 Å². The minimum atomic E-state index is -0.348. The first-order chi connectivity index (χ1) is 16.1. The molecular formula is C29H38N2O2. The van der Waals surface area contributed by atoms with Gasteiger partial charge in [-0.05, 0) is 74.9 Å². The van der Waals surface area contributed by atoms with Gasteiger partial charge in [-0.25, -0.2) is 0 Å². The SMILES string of the molecule is CCN(CCCCCN1C(=O)C(=O)c2cc(C3CCCCC3)ccc21)C(C)c1ccccc1. The smallest absolute Gasteiger partial charge is 0.299 e. The van der Waals surface area contributed by atoms with E-state index in [1.807, 2.05) is 12.1 Å². The van der Waals surface area contributed by atoms with Crippen LogP contribution in [0.1, 0.15) is 98.7 Å². The molecule has 0 spiro atoms. The fourth-order valence-electron chi connectivity index (χ4n) is 5.56. The van der Waals surface area contributed by atoms with Crippen LogP contribution in [0.15, 0.2) is 48.5 Å². The van der Waals surface area contributed by atoms with E-state index in [2.05, 4.69) is 55.1 Å². The Hall–Kier alpha value is -2.46. The zero-order valence-corrected chi connectivity index (χ0v) is 20.3. The summed E-state index contributed by atoms with van der Waals surface area (Å²) in [4.78, 5) is 29.6. The summed E-state index contributed by atoms with van der Waals surface area (Å²) in [6.07, 6.45) is 9.29. The van der Waals surface area contributed by atoms with Gasteiger partial charge in [-0.3, -0.25) is 14.5 Å². The molecule has 1 aliphatic heterocycles. The van der Waals surface area contributed by atoms with Gasteiger partial charge in [0, 0.05) is 12.6 Å². The van der Waals surface area contributed by atoms with Crippen LogP contribution in [-0.4, -0.2) is 36.2 Å². The largest absolute Gasteiger partial charge is 0.305 e. The number of nitrogens with zero attached hydrogens (tertiary/aromatic N) is 2. The average molecular weight is 447 g/mol. The number of amides is 1. The van der Waals surface area contributed by atoms with Crippen molar-refractivity contribution in [3.8, 4) is 0 Å². The topological polar surface area (TPSA) is 40.6 Å². The fraction of sp³-hybridized carbons (Fsp3) is 0.517. The van der Waals surface area contributed by atoms with Crippen LogP contribution in [0.25, 0.3) is 0 Å². The third-order valence-electron chi connectivity index (χ3n) is 7.63. The van der Waals surface area contributed by atoms with Gasteiger partial charge >= 0.3 is 0 Å². The number of anilines is 1. The maximum Gasteiger partial charge on any atom is 0.299 e. The lowest BCUT2D eigenvalue weighted by molar-refractivity contribution is -0.114. The predicted molar refractivity (Wildman–Crippen MR) is 135 cm³/mol. The number of hydrogen-bond acceptors (Lipinski definition) is 3. The lowest BCUT2D eigenvalue weighted by atomic mass is 9.83. The molecule has 176 valence electrons. The molecule has 1 amide bonds. The Morgan fingerprint density at radius 2 is 1.73 bits per heavy atom. The quantitative estimate of drug-likeness (QED) is 0.308. The van der Waals surface area contributed by atoms with E-state index in [0.717, 1.165) is 38.0 Å². The summed E-state index contributed by atoms with van der Waals surface area (Å²) in [5.41, 5.74) is 4.03. The number of carbonyl (C=O) groups is 2. The predicted octanol–water partition coefficient (Wildman–Crippen LogP) is 6.52. The van der Waals surface area contributed by atoms with Gasteiger partial charge in [0.25, 0.3) is 11.7 Å². The van der Waals surface area contributed by atoms with Crippen molar-refractivity contribution in [3.05, 3.63) is 65.2 Å². The van der Waals surface area contributed by atoms with Gasteiger partial charge in [0.1, 0.15) is 0 Å². The fourth-order valence-corrected chi connectivity index (χ4v) is 5.56. The Bertz CT molecular complexity index is 949. The number of benzene rings is 2. The summed E-state index contributed by atoms with van der Waals surface area (Å²) < 4.78 is 0. The molecule has 1 unspecified atom stereocenters. The molecule has 0 bridgehead atoms. The lowest BCUT2D eigenvalue weighted by Crippen LogP contribution is -2.31. The van der Waals surface area contributed by atoms with Gasteiger partial charge in [-0.2, -0.15) is 0 Å². The third-order valence-corrected chi connectivity index (χ3v) is 7.63. The minimum Gasteiger partial charge on any atom is -0.305 e. The summed E-state index contributed by atoms with van der Waals surface area (Å²) >= 11 is 0. The van der Waals surface area contributed by atoms with E-state index in [0.29, 0.717) is 24.1 Å². The molecule has 2 aliphatic rings. The molecule has 1 heterocycles. The highest BCUT2D eigenvalue weighted by molar-refractivity contribution is 6.52. The molecule has 1 atom stereocenters. The van der Waals surface area contributed by atoms with Crippen molar-refractivity contribution in [2.45, 2.75) is 77.2 Å². The van der Waals surface area contributed by atoms with Gasteiger partial charge in [0.05, 0.1) is 11.3 Å². The van der Waals surface area contributed by atoms with Crippen LogP contribution in [0.4, 0.5) is 5.69 Å². The van der Waals surface area contributed by atoms with Gasteiger partial charge in [-0.15, -0.1) is 0 Å². The van der Waals surface area contributed by atoms with Crippen LogP contribution < -0.4 is 4.90 Å². The highest BCUT2D eigenvalue weighted by atomic mass is 16.2. The Morgan fingerprint density at radius 1 is 0.970 bits per heavy atom.